The van der Waals surface area contributed by atoms with Gasteiger partial charge in [-0.1, -0.05) is 23.7 Å². The second-order valence-electron chi connectivity index (χ2n) is 6.66. The van der Waals surface area contributed by atoms with Crippen LogP contribution >= 0.6 is 23.2 Å². The first-order valence-electron chi connectivity index (χ1n) is 9.70. The molecule has 0 aliphatic carbocycles. The molecule has 0 aromatic heterocycles. The van der Waals surface area contributed by atoms with Gasteiger partial charge < -0.3 is 4.74 Å². The van der Waals surface area contributed by atoms with Crippen LogP contribution in [0.15, 0.2) is 48.5 Å². The third kappa shape index (κ3) is 7.94. The lowest BCUT2D eigenvalue weighted by atomic mass is 10.0. The van der Waals surface area contributed by atoms with E-state index in [-0.39, 0.29) is 47.7 Å². The second-order valence-corrected chi connectivity index (χ2v) is 7.45. The van der Waals surface area contributed by atoms with Crippen LogP contribution in [0.2, 0.25) is 5.02 Å². The van der Waals surface area contributed by atoms with Gasteiger partial charge in [0, 0.05) is 30.7 Å². The van der Waals surface area contributed by atoms with E-state index < -0.39 is 35.5 Å². The highest BCUT2D eigenvalue weighted by molar-refractivity contribution is 6.33. The number of hydrogen-bond acceptors (Lipinski definition) is 5. The molecule has 2 rings (SSSR count). The molecular formula is C22H21Cl2FN2O5. The Morgan fingerprint density at radius 3 is 2.31 bits per heavy atom. The second kappa shape index (κ2) is 12.8. The first-order valence-corrected chi connectivity index (χ1v) is 10.6. The van der Waals surface area contributed by atoms with E-state index in [0.717, 1.165) is 12.1 Å². The van der Waals surface area contributed by atoms with Crippen molar-refractivity contribution in [2.75, 3.05) is 5.88 Å². The fourth-order valence-corrected chi connectivity index (χ4v) is 3.07. The van der Waals surface area contributed by atoms with Crippen LogP contribution in [0.25, 0.3) is 0 Å². The van der Waals surface area contributed by atoms with E-state index in [9.17, 15) is 23.6 Å². The summed E-state index contributed by atoms with van der Waals surface area (Å²) >= 11 is 11.6. The number of carbonyl (C=O) groups is 4. The third-order valence-corrected chi connectivity index (χ3v) is 4.83. The smallest absolute Gasteiger partial charge is 0.306 e. The largest absolute Gasteiger partial charge is 0.454 e. The van der Waals surface area contributed by atoms with Crippen LogP contribution in [0, 0.1) is 5.82 Å². The van der Waals surface area contributed by atoms with E-state index >= 15 is 0 Å². The molecule has 0 spiro atoms. The highest BCUT2D eigenvalue weighted by atomic mass is 35.5. The average Bonchev–Trinajstić information content (AvgIpc) is 2.77. The van der Waals surface area contributed by atoms with Crippen LogP contribution in [-0.2, 0) is 14.3 Å². The SMILES string of the molecule is O=C(CCCC(=O)OC(CCCl)C(=O)c1ccc(F)cc1)NNC(=O)c1ccccc1Cl. The summed E-state index contributed by atoms with van der Waals surface area (Å²) in [5.41, 5.74) is 4.87. The minimum atomic E-state index is -1.10. The van der Waals surface area contributed by atoms with Crippen molar-refractivity contribution in [1.29, 1.82) is 0 Å². The molecule has 0 saturated heterocycles. The summed E-state index contributed by atoms with van der Waals surface area (Å²) in [5.74, 6) is -2.67. The van der Waals surface area contributed by atoms with Crippen molar-refractivity contribution in [2.24, 2.45) is 0 Å². The number of benzene rings is 2. The minimum Gasteiger partial charge on any atom is -0.454 e. The number of ether oxygens (including phenoxy) is 1. The lowest BCUT2D eigenvalue weighted by Gasteiger charge is -2.16. The van der Waals surface area contributed by atoms with Crippen molar-refractivity contribution in [1.82, 2.24) is 10.9 Å². The first kappa shape index (κ1) is 25.3. The lowest BCUT2D eigenvalue weighted by molar-refractivity contribution is -0.147. The van der Waals surface area contributed by atoms with Gasteiger partial charge in [-0.05, 0) is 42.8 Å². The van der Waals surface area contributed by atoms with Crippen molar-refractivity contribution in [2.45, 2.75) is 31.8 Å². The Bertz CT molecular complexity index is 969. The highest BCUT2D eigenvalue weighted by Crippen LogP contribution is 2.15. The third-order valence-electron chi connectivity index (χ3n) is 4.28. The quantitative estimate of drug-likeness (QED) is 0.232. The monoisotopic (exact) mass is 482 g/mol. The number of esters is 1. The van der Waals surface area contributed by atoms with E-state index in [4.69, 9.17) is 27.9 Å². The number of Topliss-reactive ketones (excluding diaryl/α,β-unsaturated/α-hetero) is 1. The zero-order chi connectivity index (χ0) is 23.5. The molecule has 0 heterocycles. The molecule has 2 aromatic carbocycles. The zero-order valence-electron chi connectivity index (χ0n) is 16.9. The van der Waals surface area contributed by atoms with Crippen molar-refractivity contribution in [3.63, 3.8) is 0 Å². The molecule has 0 aliphatic heterocycles. The fraction of sp³-hybridized carbons (Fsp3) is 0.273. The molecule has 1 unspecified atom stereocenters. The summed E-state index contributed by atoms with van der Waals surface area (Å²) < 4.78 is 18.2. The van der Waals surface area contributed by atoms with Crippen LogP contribution in [0.3, 0.4) is 0 Å². The van der Waals surface area contributed by atoms with Crippen LogP contribution in [-0.4, -0.2) is 35.6 Å². The Morgan fingerprint density at radius 1 is 0.969 bits per heavy atom. The molecule has 170 valence electrons. The maximum Gasteiger partial charge on any atom is 0.306 e. The van der Waals surface area contributed by atoms with Crippen molar-refractivity contribution >= 4 is 46.8 Å². The maximum atomic E-state index is 13.0. The zero-order valence-corrected chi connectivity index (χ0v) is 18.4. The normalized spacial score (nSPS) is 11.3. The van der Waals surface area contributed by atoms with E-state index in [2.05, 4.69) is 10.9 Å². The molecule has 10 heteroatoms. The number of hydrogen-bond donors (Lipinski definition) is 2. The molecule has 0 saturated carbocycles. The molecule has 0 aliphatic rings. The first-order chi connectivity index (χ1) is 15.3. The van der Waals surface area contributed by atoms with Gasteiger partial charge in [-0.25, -0.2) is 4.39 Å². The molecule has 32 heavy (non-hydrogen) atoms. The molecule has 2 N–H and O–H groups in total. The summed E-state index contributed by atoms with van der Waals surface area (Å²) in [7, 11) is 0. The van der Waals surface area contributed by atoms with Crippen molar-refractivity contribution < 1.29 is 28.3 Å². The number of alkyl halides is 1. The van der Waals surface area contributed by atoms with Gasteiger partial charge in [0.15, 0.2) is 6.10 Å². The summed E-state index contributed by atoms with van der Waals surface area (Å²) in [5, 5.41) is 0.240. The molecule has 0 bridgehead atoms. The number of carbonyl (C=O) groups excluding carboxylic acids is 4. The lowest BCUT2D eigenvalue weighted by Crippen LogP contribution is -2.41. The van der Waals surface area contributed by atoms with E-state index in [1.54, 1.807) is 18.2 Å². The standard InChI is InChI=1S/C22H21Cl2FN2O5/c23-13-12-18(21(30)14-8-10-15(25)11-9-14)32-20(29)7-3-6-19(28)26-27-22(31)16-4-1-2-5-17(16)24/h1-2,4-5,8-11,18H,3,6-7,12-13H2,(H,26,28)(H,27,31). The molecular weight excluding hydrogens is 462 g/mol. The minimum absolute atomic E-state index is 0.0655. The summed E-state index contributed by atoms with van der Waals surface area (Å²) in [6.45, 7) is 0. The average molecular weight is 483 g/mol. The molecule has 1 atom stereocenters. The van der Waals surface area contributed by atoms with Crippen LogP contribution in [0.5, 0.6) is 0 Å². The van der Waals surface area contributed by atoms with E-state index in [1.165, 1.54) is 18.2 Å². The predicted octanol–water partition coefficient (Wildman–Crippen LogP) is 3.83. The van der Waals surface area contributed by atoms with Gasteiger partial charge in [-0.2, -0.15) is 0 Å². The maximum absolute atomic E-state index is 13.0. The van der Waals surface area contributed by atoms with Gasteiger partial charge in [-0.15, -0.1) is 11.6 Å². The van der Waals surface area contributed by atoms with Crippen LogP contribution in [0.1, 0.15) is 46.4 Å². The summed E-state index contributed by atoms with van der Waals surface area (Å²) in [6, 6.07) is 11.2. The fourth-order valence-electron chi connectivity index (χ4n) is 2.66. The Balaban J connectivity index is 1.76. The van der Waals surface area contributed by atoms with E-state index in [1.807, 2.05) is 0 Å². The highest BCUT2D eigenvalue weighted by Gasteiger charge is 2.24. The molecule has 2 aromatic rings. The molecule has 0 fully saturated rings. The number of rotatable bonds is 10. The van der Waals surface area contributed by atoms with Crippen molar-refractivity contribution in [3.8, 4) is 0 Å². The Kier molecular flexibility index (Phi) is 10.1. The molecule has 0 radical (unpaired) electrons. The number of halogens is 3. The van der Waals surface area contributed by atoms with Gasteiger partial charge in [0.25, 0.3) is 5.91 Å². The van der Waals surface area contributed by atoms with Gasteiger partial charge in [0.1, 0.15) is 5.82 Å². The molecule has 7 nitrogen and oxygen atoms in total. The Morgan fingerprint density at radius 2 is 1.66 bits per heavy atom. The van der Waals surface area contributed by atoms with E-state index in [0.29, 0.717) is 0 Å². The number of ketones is 1. The topological polar surface area (TPSA) is 102 Å². The van der Waals surface area contributed by atoms with Gasteiger partial charge in [0.2, 0.25) is 11.7 Å². The predicted molar refractivity (Wildman–Crippen MR) is 117 cm³/mol. The van der Waals surface area contributed by atoms with Crippen LogP contribution in [0.4, 0.5) is 4.39 Å². The number of amides is 2. The Hall–Kier alpha value is -2.97. The number of nitrogens with one attached hydrogen (secondary N) is 2. The van der Waals surface area contributed by atoms with Gasteiger partial charge in [0.05, 0.1) is 10.6 Å². The van der Waals surface area contributed by atoms with Crippen molar-refractivity contribution in [3.05, 3.63) is 70.5 Å². The molecule has 2 amide bonds. The number of hydrazine groups is 1. The summed E-state index contributed by atoms with van der Waals surface area (Å²) in [4.78, 5) is 48.4. The van der Waals surface area contributed by atoms with Gasteiger partial charge in [-0.3, -0.25) is 30.0 Å². The Labute approximate surface area is 194 Å². The summed E-state index contributed by atoms with van der Waals surface area (Å²) in [6.07, 6.45) is -1.07. The van der Waals surface area contributed by atoms with Crippen LogP contribution < -0.4 is 10.9 Å². The van der Waals surface area contributed by atoms with Gasteiger partial charge >= 0.3 is 5.97 Å².